The van der Waals surface area contributed by atoms with Crippen molar-refractivity contribution in [3.8, 4) is 5.75 Å². The summed E-state index contributed by atoms with van der Waals surface area (Å²) < 4.78 is 20.2. The largest absolute Gasteiger partial charge is 0.453 e. The molecule has 0 atom stereocenters. The number of hydrogen-bond donors (Lipinski definition) is 0. The highest BCUT2D eigenvalue weighted by Gasteiger charge is 2.22. The van der Waals surface area contributed by atoms with Crippen LogP contribution in [0.5, 0.6) is 5.75 Å². The van der Waals surface area contributed by atoms with E-state index in [1.165, 1.54) is 58.7 Å². The zero-order valence-electron chi connectivity index (χ0n) is 21.3. The van der Waals surface area contributed by atoms with Crippen LogP contribution in [-0.2, 0) is 25.7 Å². The van der Waals surface area contributed by atoms with Gasteiger partial charge in [-0.3, -0.25) is 0 Å². The predicted molar refractivity (Wildman–Crippen MR) is 157 cm³/mol. The molecular formula is C34H29O3P. The van der Waals surface area contributed by atoms with Crippen molar-refractivity contribution in [2.24, 2.45) is 0 Å². The minimum absolute atomic E-state index is 0.825. The van der Waals surface area contributed by atoms with Gasteiger partial charge in [-0.15, -0.1) is 0 Å². The van der Waals surface area contributed by atoms with Crippen molar-refractivity contribution < 1.29 is 12.9 Å². The lowest BCUT2D eigenvalue weighted by Crippen LogP contribution is -2.05. The SMILES string of the molecule is c1ccc2c(Op3oc4ccc5c(c4c4c6c(ccc4o3)CCCC6)CCCC5)c3ccccc3cc2c1. The highest BCUT2D eigenvalue weighted by molar-refractivity contribution is 7.32. The first-order valence-electron chi connectivity index (χ1n) is 13.9. The summed E-state index contributed by atoms with van der Waals surface area (Å²) in [6.07, 6.45) is 9.43. The predicted octanol–water partition coefficient (Wildman–Crippen LogP) is 10.2. The van der Waals surface area contributed by atoms with Gasteiger partial charge in [0.15, 0.2) is 5.75 Å². The van der Waals surface area contributed by atoms with E-state index < -0.39 is 8.24 Å². The highest BCUT2D eigenvalue weighted by Crippen LogP contribution is 2.45. The molecular weight excluding hydrogens is 487 g/mol. The Kier molecular flexibility index (Phi) is 5.26. The molecule has 0 spiro atoms. The van der Waals surface area contributed by atoms with E-state index in [1.807, 2.05) is 0 Å². The van der Waals surface area contributed by atoms with E-state index >= 15 is 0 Å². The maximum atomic E-state index is 6.78. The van der Waals surface area contributed by atoms with Gasteiger partial charge in [0.1, 0.15) is 11.2 Å². The summed E-state index contributed by atoms with van der Waals surface area (Å²) in [5.41, 5.74) is 7.63. The third-order valence-corrected chi connectivity index (χ3v) is 9.50. The van der Waals surface area contributed by atoms with Crippen LogP contribution in [0.2, 0.25) is 0 Å². The Balaban J connectivity index is 1.45. The van der Waals surface area contributed by atoms with Crippen molar-refractivity contribution in [3.63, 3.8) is 0 Å². The Morgan fingerprint density at radius 1 is 0.553 bits per heavy atom. The Morgan fingerprint density at radius 3 is 1.61 bits per heavy atom. The Hall–Kier alpha value is -3.68. The molecule has 1 aromatic heterocycles. The van der Waals surface area contributed by atoms with E-state index in [4.69, 9.17) is 12.9 Å². The van der Waals surface area contributed by atoms with Crippen LogP contribution >= 0.6 is 8.24 Å². The first-order chi connectivity index (χ1) is 18.8. The first kappa shape index (κ1) is 22.3. The van der Waals surface area contributed by atoms with Crippen LogP contribution in [0, 0.1) is 0 Å². The fourth-order valence-electron chi connectivity index (χ4n) is 6.67. The quantitative estimate of drug-likeness (QED) is 0.215. The molecule has 0 amide bonds. The molecule has 0 fully saturated rings. The molecule has 1 heterocycles. The average Bonchev–Trinajstić information content (AvgIpc) is 3.13. The van der Waals surface area contributed by atoms with Gasteiger partial charge in [-0.1, -0.05) is 60.7 Å². The van der Waals surface area contributed by atoms with Gasteiger partial charge in [0.25, 0.3) is 0 Å². The van der Waals surface area contributed by atoms with Crippen LogP contribution in [-0.4, -0.2) is 0 Å². The molecule has 0 saturated carbocycles. The minimum atomic E-state index is -1.72. The first-order valence-corrected chi connectivity index (χ1v) is 15.0. The van der Waals surface area contributed by atoms with Crippen LogP contribution in [0.1, 0.15) is 47.9 Å². The smallest absolute Gasteiger partial charge is 0.390 e. The number of hydrogen-bond acceptors (Lipinski definition) is 3. The van der Waals surface area contributed by atoms with Crippen molar-refractivity contribution in [2.75, 3.05) is 0 Å². The van der Waals surface area contributed by atoms with Crippen LogP contribution in [0.3, 0.4) is 0 Å². The summed E-state index contributed by atoms with van der Waals surface area (Å²) in [5, 5.41) is 6.95. The maximum absolute atomic E-state index is 6.78. The van der Waals surface area contributed by atoms with Crippen LogP contribution < -0.4 is 4.52 Å². The van der Waals surface area contributed by atoms with Crippen LogP contribution in [0.4, 0.5) is 0 Å². The van der Waals surface area contributed by atoms with Gasteiger partial charge in [0.2, 0.25) is 0 Å². The van der Waals surface area contributed by atoms with Gasteiger partial charge in [0.05, 0.1) is 0 Å². The van der Waals surface area contributed by atoms with Crippen LogP contribution in [0.25, 0.3) is 43.5 Å². The van der Waals surface area contributed by atoms with Crippen molar-refractivity contribution in [1.29, 1.82) is 0 Å². The minimum Gasteiger partial charge on any atom is -0.390 e. The highest BCUT2D eigenvalue weighted by atomic mass is 31.1. The van der Waals surface area contributed by atoms with Gasteiger partial charge in [0, 0.05) is 21.5 Å². The van der Waals surface area contributed by atoms with Gasteiger partial charge in [-0.05, 0) is 103 Å². The van der Waals surface area contributed by atoms with E-state index in [-0.39, 0.29) is 0 Å². The standard InChI is InChI=1S/C34H29O3P/c1-5-13-26-22(9-1)17-19-30-32(26)33-27-14-6-2-10-23(27)18-20-31(33)36-38(35-30)37-34-28-15-7-3-11-24(28)21-25-12-4-8-16-29(25)34/h3-4,7-8,11-12,15-21H,1-2,5-6,9-10,13-14H2. The fourth-order valence-corrected chi connectivity index (χ4v) is 7.76. The van der Waals surface area contributed by atoms with Crippen molar-refractivity contribution >= 4 is 51.7 Å². The number of fused-ring (bicyclic) bond motifs is 9. The zero-order valence-corrected chi connectivity index (χ0v) is 22.2. The van der Waals surface area contributed by atoms with Crippen LogP contribution in [0.15, 0.2) is 87.3 Å². The Bertz CT molecular complexity index is 1780. The second-order valence-corrected chi connectivity index (χ2v) is 11.7. The summed E-state index contributed by atoms with van der Waals surface area (Å²) in [6, 6.07) is 27.9. The fraction of sp³-hybridized carbons (Fsp3) is 0.235. The monoisotopic (exact) mass is 516 g/mol. The number of rotatable bonds is 2. The molecule has 188 valence electrons. The molecule has 4 heteroatoms. The molecule has 0 bridgehead atoms. The lowest BCUT2D eigenvalue weighted by molar-refractivity contribution is 0.504. The molecule has 0 saturated heterocycles. The molecule has 8 rings (SSSR count). The Morgan fingerprint density at radius 2 is 1.05 bits per heavy atom. The summed E-state index contributed by atoms with van der Waals surface area (Å²) in [6.45, 7) is 0. The number of aryl methyl sites for hydroxylation is 4. The molecule has 0 radical (unpaired) electrons. The third kappa shape index (κ3) is 3.56. The molecule has 0 aliphatic heterocycles. The lowest BCUT2D eigenvalue weighted by atomic mass is 9.84. The normalized spacial score (nSPS) is 15.1. The van der Waals surface area contributed by atoms with Gasteiger partial charge < -0.3 is 12.9 Å². The molecule has 3 nitrogen and oxygen atoms in total. The zero-order chi connectivity index (χ0) is 25.1. The van der Waals surface area contributed by atoms with Crippen molar-refractivity contribution in [1.82, 2.24) is 0 Å². The number of benzene rings is 5. The van der Waals surface area contributed by atoms with E-state index in [0.29, 0.717) is 0 Å². The summed E-state index contributed by atoms with van der Waals surface area (Å²) >= 11 is 0. The summed E-state index contributed by atoms with van der Waals surface area (Å²) in [5.74, 6) is 0.825. The lowest BCUT2D eigenvalue weighted by Gasteiger charge is -2.20. The van der Waals surface area contributed by atoms with Gasteiger partial charge in [-0.25, -0.2) is 0 Å². The average molecular weight is 517 g/mol. The van der Waals surface area contributed by atoms with Gasteiger partial charge >= 0.3 is 8.24 Å². The molecule has 6 aromatic rings. The molecule has 2 aliphatic carbocycles. The molecule has 2 aliphatic rings. The summed E-state index contributed by atoms with van der Waals surface area (Å²) in [4.78, 5) is 0. The molecule has 38 heavy (non-hydrogen) atoms. The molecule has 0 unspecified atom stereocenters. The Labute approximate surface area is 222 Å². The van der Waals surface area contributed by atoms with E-state index in [9.17, 15) is 0 Å². The maximum Gasteiger partial charge on any atom is 0.453 e. The van der Waals surface area contributed by atoms with Gasteiger partial charge in [-0.2, -0.15) is 0 Å². The summed E-state index contributed by atoms with van der Waals surface area (Å²) in [7, 11) is -1.72. The molecule has 5 aromatic carbocycles. The molecule has 0 N–H and O–H groups in total. The van der Waals surface area contributed by atoms with E-state index in [2.05, 4.69) is 78.9 Å². The third-order valence-electron chi connectivity index (χ3n) is 8.47. The topological polar surface area (TPSA) is 35.5 Å². The van der Waals surface area contributed by atoms with Crippen molar-refractivity contribution in [3.05, 3.63) is 101 Å². The van der Waals surface area contributed by atoms with E-state index in [0.717, 1.165) is 64.1 Å². The second-order valence-electron chi connectivity index (χ2n) is 10.7. The van der Waals surface area contributed by atoms with E-state index in [1.54, 1.807) is 0 Å². The van der Waals surface area contributed by atoms with Crippen molar-refractivity contribution in [2.45, 2.75) is 51.4 Å². The second kappa shape index (κ2) is 8.96.